The van der Waals surface area contributed by atoms with Gasteiger partial charge >= 0.3 is 0 Å². The molecule has 28 heavy (non-hydrogen) atoms. The third-order valence-electron chi connectivity index (χ3n) is 5.56. The average Bonchev–Trinajstić information content (AvgIpc) is 3.28. The highest BCUT2D eigenvalue weighted by Gasteiger charge is 2.28. The Kier molecular flexibility index (Phi) is 5.97. The number of nitrogens with one attached hydrogen (secondary N) is 4. The van der Waals surface area contributed by atoms with Crippen LogP contribution in [-0.4, -0.2) is 23.9 Å². The first-order chi connectivity index (χ1) is 13.7. The van der Waals surface area contributed by atoms with E-state index in [-0.39, 0.29) is 17.9 Å². The number of nitrogens with zero attached hydrogens (tertiary/aromatic N) is 1. The van der Waals surface area contributed by atoms with Crippen molar-refractivity contribution in [3.63, 3.8) is 0 Å². The van der Waals surface area contributed by atoms with Crippen LogP contribution in [-0.2, 0) is 6.42 Å². The number of carbonyl (C=O) groups excluding carboxylic acids is 1. The van der Waals surface area contributed by atoms with Gasteiger partial charge in [0.25, 0.3) is 5.91 Å². The Hall–Kier alpha value is -2.32. The van der Waals surface area contributed by atoms with E-state index >= 15 is 0 Å². The molecule has 0 radical (unpaired) electrons. The van der Waals surface area contributed by atoms with Crippen molar-refractivity contribution in [1.29, 1.82) is 0 Å². The number of halogens is 1. The van der Waals surface area contributed by atoms with Gasteiger partial charge in [-0.15, -0.1) is 0 Å². The first-order valence-corrected chi connectivity index (χ1v) is 9.84. The fourth-order valence-corrected chi connectivity index (χ4v) is 4.03. The molecular weight excluding hydrogens is 357 g/mol. The topological polar surface area (TPSA) is 68.4 Å². The number of hydrazine groups is 3. The van der Waals surface area contributed by atoms with Crippen LogP contribution in [0.25, 0.3) is 0 Å². The lowest BCUT2D eigenvalue weighted by Gasteiger charge is -2.33. The van der Waals surface area contributed by atoms with Crippen LogP contribution in [0.2, 0.25) is 0 Å². The maximum atomic E-state index is 13.2. The fraction of sp³-hybridized carbons (Fsp3) is 0.381. The highest BCUT2D eigenvalue weighted by Crippen LogP contribution is 2.25. The van der Waals surface area contributed by atoms with Crippen LogP contribution in [0.5, 0.6) is 0 Å². The largest absolute Gasteiger partial charge is 0.338 e. The number of hydrogen-bond donors (Lipinski definition) is 4. The van der Waals surface area contributed by atoms with Gasteiger partial charge in [-0.2, -0.15) is 11.1 Å². The van der Waals surface area contributed by atoms with E-state index in [9.17, 15) is 9.18 Å². The second-order valence-corrected chi connectivity index (χ2v) is 7.48. The second-order valence-electron chi connectivity index (χ2n) is 7.48. The number of likely N-dealkylation sites (tertiary alicyclic amines) is 1. The van der Waals surface area contributed by atoms with E-state index in [0.717, 1.165) is 55.5 Å². The highest BCUT2D eigenvalue weighted by atomic mass is 19.1. The monoisotopic (exact) mass is 383 g/mol. The highest BCUT2D eigenvalue weighted by molar-refractivity contribution is 5.96. The third-order valence-corrected chi connectivity index (χ3v) is 5.56. The van der Waals surface area contributed by atoms with Crippen molar-refractivity contribution in [2.75, 3.05) is 13.1 Å². The molecule has 2 heterocycles. The zero-order valence-electron chi connectivity index (χ0n) is 15.7. The Bertz CT molecular complexity index is 807. The first kappa shape index (κ1) is 19.0. The lowest BCUT2D eigenvalue weighted by atomic mass is 9.91. The molecule has 4 rings (SSSR count). The van der Waals surface area contributed by atoms with Crippen molar-refractivity contribution in [1.82, 2.24) is 26.8 Å². The molecule has 0 aromatic heterocycles. The first-order valence-electron chi connectivity index (χ1n) is 9.84. The van der Waals surface area contributed by atoms with Crippen molar-refractivity contribution in [3.8, 4) is 0 Å². The molecule has 2 aromatic carbocycles. The van der Waals surface area contributed by atoms with Gasteiger partial charge in [-0.3, -0.25) is 4.79 Å². The van der Waals surface area contributed by atoms with Crippen molar-refractivity contribution in [3.05, 3.63) is 71.0 Å². The molecule has 0 bridgehead atoms. The minimum atomic E-state index is -0.200. The Morgan fingerprint density at radius 2 is 1.82 bits per heavy atom. The molecular formula is C21H26FN5O. The van der Waals surface area contributed by atoms with Gasteiger partial charge in [-0.05, 0) is 60.9 Å². The van der Waals surface area contributed by atoms with Crippen molar-refractivity contribution < 1.29 is 9.18 Å². The van der Waals surface area contributed by atoms with Gasteiger partial charge in [0.05, 0.1) is 0 Å². The molecule has 0 spiro atoms. The van der Waals surface area contributed by atoms with E-state index in [1.165, 1.54) is 12.1 Å². The van der Waals surface area contributed by atoms with E-state index in [2.05, 4.69) is 21.9 Å². The molecule has 1 unspecified atom stereocenters. The summed E-state index contributed by atoms with van der Waals surface area (Å²) >= 11 is 0. The standard InChI is InChI=1S/C21H26FN5O/c22-17-11-9-15(10-12-17)7-8-16-4-3-13-27(14-16)21(28)19-6-2-1-5-18(19)20-23-25-26-24-20/h1-2,5-6,9-12,16,20,23-26H,3-4,7-8,13-14H2. The summed E-state index contributed by atoms with van der Waals surface area (Å²) in [7, 11) is 0. The third kappa shape index (κ3) is 4.39. The molecule has 2 aliphatic rings. The number of aryl methyl sites for hydroxylation is 1. The molecule has 2 aromatic rings. The SMILES string of the molecule is O=C(c1ccccc1C1NNNN1)N1CCCC(CCc2ccc(F)cc2)C1. The van der Waals surface area contributed by atoms with Gasteiger partial charge < -0.3 is 4.90 Å². The van der Waals surface area contributed by atoms with Crippen LogP contribution in [0.15, 0.2) is 48.5 Å². The Morgan fingerprint density at radius 3 is 2.61 bits per heavy atom. The molecule has 4 N–H and O–H groups in total. The minimum Gasteiger partial charge on any atom is -0.338 e. The molecule has 148 valence electrons. The van der Waals surface area contributed by atoms with Gasteiger partial charge in [0.2, 0.25) is 0 Å². The Morgan fingerprint density at radius 1 is 1.07 bits per heavy atom. The number of hydrogen-bond acceptors (Lipinski definition) is 5. The van der Waals surface area contributed by atoms with Crippen molar-refractivity contribution in [2.45, 2.75) is 31.8 Å². The Balaban J connectivity index is 1.40. The van der Waals surface area contributed by atoms with E-state index in [4.69, 9.17) is 0 Å². The summed E-state index contributed by atoms with van der Waals surface area (Å²) in [5, 5.41) is 0. The summed E-state index contributed by atoms with van der Waals surface area (Å²) in [6.45, 7) is 1.57. The van der Waals surface area contributed by atoms with E-state index in [1.807, 2.05) is 41.3 Å². The molecule has 6 nitrogen and oxygen atoms in total. The molecule has 0 aliphatic carbocycles. The maximum Gasteiger partial charge on any atom is 0.254 e. The van der Waals surface area contributed by atoms with Crippen LogP contribution in [0.4, 0.5) is 4.39 Å². The van der Waals surface area contributed by atoms with Crippen molar-refractivity contribution >= 4 is 5.91 Å². The lowest BCUT2D eigenvalue weighted by Crippen LogP contribution is -2.41. The minimum absolute atomic E-state index is 0.0811. The average molecular weight is 383 g/mol. The molecule has 2 fully saturated rings. The summed E-state index contributed by atoms with van der Waals surface area (Å²) in [6, 6.07) is 14.4. The number of amides is 1. The van der Waals surface area contributed by atoms with Gasteiger partial charge in [0.15, 0.2) is 0 Å². The summed E-state index contributed by atoms with van der Waals surface area (Å²) in [5.74, 6) is 0.354. The molecule has 0 saturated carbocycles. The van der Waals surface area contributed by atoms with E-state index in [1.54, 1.807) is 0 Å². The predicted molar refractivity (Wildman–Crippen MR) is 105 cm³/mol. The summed E-state index contributed by atoms with van der Waals surface area (Å²) in [4.78, 5) is 15.2. The van der Waals surface area contributed by atoms with Crippen molar-refractivity contribution in [2.24, 2.45) is 5.92 Å². The van der Waals surface area contributed by atoms with E-state index in [0.29, 0.717) is 5.92 Å². The zero-order chi connectivity index (χ0) is 19.3. The number of benzene rings is 2. The molecule has 2 aliphatic heterocycles. The fourth-order valence-electron chi connectivity index (χ4n) is 4.03. The normalized spacial score (nSPS) is 20.5. The number of carbonyl (C=O) groups is 1. The quantitative estimate of drug-likeness (QED) is 0.639. The van der Waals surface area contributed by atoms with E-state index < -0.39 is 0 Å². The second kappa shape index (κ2) is 8.79. The maximum absolute atomic E-state index is 13.2. The molecule has 2 saturated heterocycles. The van der Waals surface area contributed by atoms with Gasteiger partial charge in [0, 0.05) is 18.7 Å². The molecule has 7 heteroatoms. The predicted octanol–water partition coefficient (Wildman–Crippen LogP) is 2.43. The van der Waals surface area contributed by atoms with Crippen LogP contribution in [0.3, 0.4) is 0 Å². The van der Waals surface area contributed by atoms with Crippen LogP contribution < -0.4 is 21.9 Å². The van der Waals surface area contributed by atoms with Crippen LogP contribution >= 0.6 is 0 Å². The molecule has 1 amide bonds. The smallest absolute Gasteiger partial charge is 0.254 e. The Labute approximate surface area is 164 Å². The summed E-state index contributed by atoms with van der Waals surface area (Å²) in [6.07, 6.45) is 3.91. The van der Waals surface area contributed by atoms with Gasteiger partial charge in [0.1, 0.15) is 12.0 Å². The summed E-state index contributed by atoms with van der Waals surface area (Å²) in [5.41, 5.74) is 14.5. The lowest BCUT2D eigenvalue weighted by molar-refractivity contribution is 0.0666. The van der Waals surface area contributed by atoms with Gasteiger partial charge in [-0.1, -0.05) is 30.3 Å². The van der Waals surface area contributed by atoms with Gasteiger partial charge in [-0.25, -0.2) is 15.2 Å². The zero-order valence-corrected chi connectivity index (χ0v) is 15.7. The molecule has 1 atom stereocenters. The van der Waals surface area contributed by atoms with Crippen LogP contribution in [0.1, 0.15) is 46.9 Å². The number of piperidine rings is 1. The summed E-state index contributed by atoms with van der Waals surface area (Å²) < 4.78 is 13.1. The number of rotatable bonds is 5. The van der Waals surface area contributed by atoms with Crippen LogP contribution in [0, 0.1) is 11.7 Å².